The maximum absolute atomic E-state index is 11.8. The van der Waals surface area contributed by atoms with Gasteiger partial charge in [-0.15, -0.1) is 0 Å². The van der Waals surface area contributed by atoms with Crippen LogP contribution in [0.25, 0.3) is 0 Å². The number of esters is 1. The van der Waals surface area contributed by atoms with Gasteiger partial charge in [0.25, 0.3) is 6.43 Å². The van der Waals surface area contributed by atoms with E-state index in [1.807, 2.05) is 0 Å². The van der Waals surface area contributed by atoms with E-state index in [0.29, 0.717) is 11.4 Å². The Kier molecular flexibility index (Phi) is 4.04. The molecule has 1 aromatic rings. The van der Waals surface area contributed by atoms with Crippen LogP contribution in [0.1, 0.15) is 10.4 Å². The molecule has 0 aromatic heterocycles. The van der Waals surface area contributed by atoms with E-state index in [1.165, 1.54) is 25.3 Å². The number of nitrogens with two attached hydrogens (primary N) is 1. The first kappa shape index (κ1) is 12.2. The van der Waals surface area contributed by atoms with E-state index in [0.717, 1.165) is 0 Å². The number of carbonyl (C=O) groups is 1. The first-order chi connectivity index (χ1) is 7.52. The van der Waals surface area contributed by atoms with Gasteiger partial charge < -0.3 is 15.2 Å². The predicted molar refractivity (Wildman–Crippen MR) is 53.7 cm³/mol. The fourth-order valence-electron chi connectivity index (χ4n) is 1.08. The van der Waals surface area contributed by atoms with Crippen LogP contribution in [-0.4, -0.2) is 26.1 Å². The second-order valence-electron chi connectivity index (χ2n) is 2.98. The summed E-state index contributed by atoms with van der Waals surface area (Å²) in [6, 6.07) is 4.20. The highest BCUT2D eigenvalue weighted by atomic mass is 19.3. The molecule has 1 rings (SSSR count). The molecule has 0 saturated heterocycles. The Morgan fingerprint density at radius 2 is 2.12 bits per heavy atom. The van der Waals surface area contributed by atoms with E-state index in [-0.39, 0.29) is 5.56 Å². The van der Waals surface area contributed by atoms with Crippen molar-refractivity contribution in [2.24, 2.45) is 0 Å². The molecule has 0 saturated carbocycles. The number of halogens is 2. The summed E-state index contributed by atoms with van der Waals surface area (Å²) in [7, 11) is 1.41. The molecule has 0 atom stereocenters. The van der Waals surface area contributed by atoms with Crippen LogP contribution in [0.4, 0.5) is 14.5 Å². The molecule has 0 amide bonds. The Morgan fingerprint density at radius 3 is 2.69 bits per heavy atom. The molecular weight excluding hydrogens is 220 g/mol. The van der Waals surface area contributed by atoms with Gasteiger partial charge in [-0.2, -0.15) is 0 Å². The number of alkyl halides is 2. The number of benzene rings is 1. The van der Waals surface area contributed by atoms with Crippen LogP contribution in [0.5, 0.6) is 5.75 Å². The minimum atomic E-state index is -2.69. The predicted octanol–water partition coefficient (Wildman–Crippen LogP) is 1.70. The Balaban J connectivity index is 2.78. The summed E-state index contributed by atoms with van der Waals surface area (Å²) in [4.78, 5) is 11.3. The zero-order valence-electron chi connectivity index (χ0n) is 8.57. The maximum atomic E-state index is 11.8. The fourth-order valence-corrected chi connectivity index (χ4v) is 1.08. The Bertz CT molecular complexity index is 382. The van der Waals surface area contributed by atoms with Crippen LogP contribution < -0.4 is 10.5 Å². The van der Waals surface area contributed by atoms with Crippen molar-refractivity contribution in [3.63, 3.8) is 0 Å². The van der Waals surface area contributed by atoms with Gasteiger partial charge >= 0.3 is 5.97 Å². The van der Waals surface area contributed by atoms with Crippen molar-refractivity contribution in [3.05, 3.63) is 23.8 Å². The van der Waals surface area contributed by atoms with Crippen LogP contribution in [0.2, 0.25) is 0 Å². The summed E-state index contributed by atoms with van der Waals surface area (Å²) in [6.45, 7) is -0.935. The lowest BCUT2D eigenvalue weighted by molar-refractivity contribution is 0.0160. The number of rotatable bonds is 4. The van der Waals surface area contributed by atoms with Gasteiger partial charge in [0.15, 0.2) is 6.61 Å². The normalized spacial score (nSPS) is 10.2. The first-order valence-electron chi connectivity index (χ1n) is 4.42. The summed E-state index contributed by atoms with van der Waals surface area (Å²) in [5, 5.41) is 0. The molecule has 4 nitrogen and oxygen atoms in total. The average Bonchev–Trinajstić information content (AvgIpc) is 2.24. The quantitative estimate of drug-likeness (QED) is 0.632. The molecule has 0 aliphatic rings. The van der Waals surface area contributed by atoms with Gasteiger partial charge in [-0.3, -0.25) is 0 Å². The smallest absolute Gasteiger partial charge is 0.338 e. The molecule has 1 aromatic carbocycles. The molecule has 0 aliphatic carbocycles. The molecule has 0 fully saturated rings. The summed E-state index contributed by atoms with van der Waals surface area (Å²) < 4.78 is 32.8. The van der Waals surface area contributed by atoms with Crippen LogP contribution in [0.15, 0.2) is 18.2 Å². The SMILES string of the molecule is COc1cc(N)cc(C(=O)OCC(F)F)c1. The van der Waals surface area contributed by atoms with Gasteiger partial charge in [-0.1, -0.05) is 0 Å². The second-order valence-corrected chi connectivity index (χ2v) is 2.98. The third kappa shape index (κ3) is 3.38. The number of ether oxygens (including phenoxy) is 2. The van der Waals surface area contributed by atoms with Crippen molar-refractivity contribution in [1.29, 1.82) is 0 Å². The maximum Gasteiger partial charge on any atom is 0.338 e. The van der Waals surface area contributed by atoms with E-state index < -0.39 is 19.0 Å². The minimum absolute atomic E-state index is 0.0810. The minimum Gasteiger partial charge on any atom is -0.497 e. The van der Waals surface area contributed by atoms with Gasteiger partial charge in [-0.25, -0.2) is 13.6 Å². The average molecular weight is 231 g/mol. The van der Waals surface area contributed by atoms with Gasteiger partial charge in [0, 0.05) is 11.8 Å². The molecule has 6 heteroatoms. The molecule has 16 heavy (non-hydrogen) atoms. The van der Waals surface area contributed by atoms with Crippen molar-refractivity contribution in [2.45, 2.75) is 6.43 Å². The highest BCUT2D eigenvalue weighted by Crippen LogP contribution is 2.19. The van der Waals surface area contributed by atoms with Crippen LogP contribution >= 0.6 is 0 Å². The van der Waals surface area contributed by atoms with E-state index >= 15 is 0 Å². The number of hydrogen-bond donors (Lipinski definition) is 1. The first-order valence-corrected chi connectivity index (χ1v) is 4.42. The van der Waals surface area contributed by atoms with Gasteiger partial charge in [0.2, 0.25) is 0 Å². The molecule has 0 aliphatic heterocycles. The van der Waals surface area contributed by atoms with Crippen molar-refractivity contribution in [1.82, 2.24) is 0 Å². The van der Waals surface area contributed by atoms with Crippen LogP contribution in [-0.2, 0) is 4.74 Å². The lowest BCUT2D eigenvalue weighted by Crippen LogP contribution is -2.12. The van der Waals surface area contributed by atoms with Gasteiger partial charge in [-0.05, 0) is 12.1 Å². The second kappa shape index (κ2) is 5.29. The van der Waals surface area contributed by atoms with Crippen LogP contribution in [0.3, 0.4) is 0 Å². The highest BCUT2D eigenvalue weighted by molar-refractivity contribution is 5.91. The lowest BCUT2D eigenvalue weighted by atomic mass is 10.2. The zero-order valence-corrected chi connectivity index (χ0v) is 8.57. The van der Waals surface area contributed by atoms with E-state index in [1.54, 1.807) is 0 Å². The van der Waals surface area contributed by atoms with Crippen molar-refractivity contribution in [2.75, 3.05) is 19.5 Å². The number of methoxy groups -OCH3 is 1. The number of carbonyl (C=O) groups excluding carboxylic acids is 1. The summed E-state index contributed by atoms with van der Waals surface area (Å²) >= 11 is 0. The molecule has 2 N–H and O–H groups in total. The van der Waals surface area contributed by atoms with Gasteiger partial charge in [0.05, 0.1) is 12.7 Å². The third-order valence-electron chi connectivity index (χ3n) is 1.74. The lowest BCUT2D eigenvalue weighted by Gasteiger charge is -2.07. The Hall–Kier alpha value is -1.85. The molecule has 0 unspecified atom stereocenters. The molecule has 0 bridgehead atoms. The van der Waals surface area contributed by atoms with Crippen molar-refractivity contribution < 1.29 is 23.0 Å². The summed E-state index contributed by atoms with van der Waals surface area (Å²) in [5.41, 5.74) is 5.87. The van der Waals surface area contributed by atoms with Crippen molar-refractivity contribution in [3.8, 4) is 5.75 Å². The largest absolute Gasteiger partial charge is 0.497 e. The topological polar surface area (TPSA) is 61.5 Å². The summed E-state index contributed by atoms with van der Waals surface area (Å²) in [6.07, 6.45) is -2.69. The monoisotopic (exact) mass is 231 g/mol. The zero-order chi connectivity index (χ0) is 12.1. The Morgan fingerprint density at radius 1 is 1.44 bits per heavy atom. The standard InChI is InChI=1S/C10H11F2NO3/c1-15-8-3-6(2-7(13)4-8)10(14)16-5-9(11)12/h2-4,9H,5,13H2,1H3. The van der Waals surface area contributed by atoms with Gasteiger partial charge in [0.1, 0.15) is 5.75 Å². The molecule has 0 heterocycles. The number of anilines is 1. The fraction of sp³-hybridized carbons (Fsp3) is 0.300. The van der Waals surface area contributed by atoms with E-state index in [9.17, 15) is 13.6 Å². The highest BCUT2D eigenvalue weighted by Gasteiger charge is 2.12. The number of nitrogen functional groups attached to an aromatic ring is 1. The molecular formula is C10H11F2NO3. The van der Waals surface area contributed by atoms with E-state index in [4.69, 9.17) is 10.5 Å². The van der Waals surface area contributed by atoms with E-state index in [2.05, 4.69) is 4.74 Å². The Labute approximate surface area is 91.0 Å². The number of hydrogen-bond acceptors (Lipinski definition) is 4. The molecule has 0 radical (unpaired) electrons. The molecule has 0 spiro atoms. The van der Waals surface area contributed by atoms with Crippen LogP contribution in [0, 0.1) is 0 Å². The summed E-state index contributed by atoms with van der Waals surface area (Å²) in [5.74, 6) is -0.491. The third-order valence-corrected chi connectivity index (χ3v) is 1.74. The molecule has 88 valence electrons. The van der Waals surface area contributed by atoms with Crippen molar-refractivity contribution >= 4 is 11.7 Å².